The van der Waals surface area contributed by atoms with Crippen molar-refractivity contribution in [2.45, 2.75) is 136 Å². The van der Waals surface area contributed by atoms with Crippen molar-refractivity contribution in [1.29, 1.82) is 0 Å². The van der Waals surface area contributed by atoms with E-state index in [1.165, 1.54) is 10.5 Å². The third-order valence-corrected chi connectivity index (χ3v) is 15.3. The Bertz CT molecular complexity index is 2770. The van der Waals surface area contributed by atoms with Crippen LogP contribution in [0.3, 0.4) is 0 Å². The summed E-state index contributed by atoms with van der Waals surface area (Å²) in [4.78, 5) is 77.9. The van der Waals surface area contributed by atoms with Gasteiger partial charge in [0.25, 0.3) is 5.91 Å². The number of nitrogens with one attached hydrogen (secondary N) is 4. The zero-order valence-electron chi connectivity index (χ0n) is 43.8. The SMILES string of the molecule is COc1cnc(C(=O)NCc2cccc(CC(=O)NCCCCCCCCC(=O)N[C@H](C(=O)N3C[C@H](O)C[C@H]3C(=O)NCc3ccc(-c4scnc4C)cc3)C(C)(C)C)c2)cc1/C=C/C1CC(c2ccc(Cl)cc2)C1. The first-order chi connectivity index (χ1) is 36.0. The number of rotatable bonds is 24. The fraction of sp³-hybridized carbons (Fsp3) is 0.441. The monoisotopic (exact) mass is 1060 g/mol. The van der Waals surface area contributed by atoms with Crippen molar-refractivity contribution in [3.63, 3.8) is 0 Å². The number of nitrogens with zero attached hydrogens (tertiary/aromatic N) is 3. The van der Waals surface area contributed by atoms with Crippen LogP contribution in [-0.2, 0) is 38.7 Å². The van der Waals surface area contributed by atoms with Crippen molar-refractivity contribution in [2.75, 3.05) is 20.2 Å². The Kier molecular flexibility index (Phi) is 20.2. The number of benzene rings is 3. The average Bonchev–Trinajstić information content (AvgIpc) is 4.00. The molecule has 5 N–H and O–H groups in total. The number of thiazole rings is 1. The first-order valence-electron chi connectivity index (χ1n) is 26.2. The van der Waals surface area contributed by atoms with Gasteiger partial charge in [-0.05, 0) is 95.9 Å². The van der Waals surface area contributed by atoms with Crippen LogP contribution in [0.2, 0.25) is 5.02 Å². The van der Waals surface area contributed by atoms with Crippen LogP contribution >= 0.6 is 22.9 Å². The van der Waals surface area contributed by atoms with E-state index < -0.39 is 23.6 Å². The van der Waals surface area contributed by atoms with Gasteiger partial charge in [0.05, 0.1) is 41.9 Å². The van der Waals surface area contributed by atoms with Gasteiger partial charge in [0.15, 0.2) is 0 Å². The number of hydrogen-bond donors (Lipinski definition) is 5. The summed E-state index contributed by atoms with van der Waals surface area (Å²) in [6.45, 7) is 8.74. The minimum absolute atomic E-state index is 0.0167. The quantitative estimate of drug-likeness (QED) is 0.0375. The second-order valence-electron chi connectivity index (χ2n) is 21.0. The van der Waals surface area contributed by atoms with Crippen molar-refractivity contribution < 1.29 is 33.8 Å². The lowest BCUT2D eigenvalue weighted by atomic mass is 9.71. The van der Waals surface area contributed by atoms with Gasteiger partial charge in [-0.2, -0.15) is 0 Å². The fourth-order valence-electron chi connectivity index (χ4n) is 9.68. The molecule has 5 amide bonds. The highest BCUT2D eigenvalue weighted by Crippen LogP contribution is 2.43. The molecule has 1 aliphatic heterocycles. The Morgan fingerprint density at radius 3 is 2.25 bits per heavy atom. The largest absolute Gasteiger partial charge is 0.495 e. The number of likely N-dealkylation sites (tertiary alicyclic amines) is 1. The van der Waals surface area contributed by atoms with Gasteiger partial charge < -0.3 is 36.0 Å². The van der Waals surface area contributed by atoms with Crippen molar-refractivity contribution in [1.82, 2.24) is 36.1 Å². The summed E-state index contributed by atoms with van der Waals surface area (Å²) >= 11 is 7.64. The second-order valence-corrected chi connectivity index (χ2v) is 22.3. The highest BCUT2D eigenvalue weighted by atomic mass is 35.5. The van der Waals surface area contributed by atoms with Crippen molar-refractivity contribution >= 4 is 58.5 Å². The van der Waals surface area contributed by atoms with Crippen LogP contribution in [0.25, 0.3) is 16.5 Å². The third kappa shape index (κ3) is 16.3. The molecule has 7 rings (SSSR count). The van der Waals surface area contributed by atoms with E-state index in [9.17, 15) is 29.1 Å². The molecule has 2 aliphatic rings. The number of allylic oxidation sites excluding steroid dienone is 1. The number of pyridine rings is 1. The van der Waals surface area contributed by atoms with Gasteiger partial charge >= 0.3 is 0 Å². The standard InChI is InChI=1S/C59H72ClN7O7S/c1-38-54(75-37-65-38)44-19-16-39(17-20-44)33-64-57(72)50-32-48(68)36-67(50)58(73)55(59(2,3)4)66-52(69)15-10-8-6-7-9-11-26-61-53(70)30-40-13-12-14-42(27-40)34-63-56(71)49-31-45(51(74-5)35-62-49)21-18-41-28-46(29-41)43-22-24-47(60)25-23-43/h12-14,16-25,27,31,35,37,41,46,48,50,55,68H,6-11,15,26,28-30,32-34,36H2,1-5H3,(H,61,70)(H,63,71)(H,64,72)(H,66,69)/b21-18+/t41?,46?,48-,50+,55-/m1/s1. The third-order valence-electron chi connectivity index (χ3n) is 14.1. The number of ether oxygens (including phenoxy) is 1. The smallest absolute Gasteiger partial charge is 0.270 e. The Balaban J connectivity index is 0.756. The number of aliphatic hydroxyl groups is 1. The first-order valence-corrected chi connectivity index (χ1v) is 27.5. The van der Waals surface area contributed by atoms with Crippen molar-refractivity contribution in [3.8, 4) is 16.2 Å². The van der Waals surface area contributed by atoms with Gasteiger partial charge in [0, 0.05) is 49.6 Å². The van der Waals surface area contributed by atoms with Crippen LogP contribution in [0.4, 0.5) is 0 Å². The van der Waals surface area contributed by atoms with E-state index >= 15 is 0 Å². The maximum absolute atomic E-state index is 14.0. The van der Waals surface area contributed by atoms with Crippen molar-refractivity contribution in [2.24, 2.45) is 11.3 Å². The molecule has 2 aromatic heterocycles. The maximum atomic E-state index is 14.0. The molecule has 398 valence electrons. The lowest BCUT2D eigenvalue weighted by Gasteiger charge is -2.35. The molecule has 75 heavy (non-hydrogen) atoms. The van der Waals surface area contributed by atoms with Crippen LogP contribution < -0.4 is 26.0 Å². The number of amides is 5. The van der Waals surface area contributed by atoms with Gasteiger partial charge in [-0.1, -0.05) is 131 Å². The van der Waals surface area contributed by atoms with E-state index in [4.69, 9.17) is 16.3 Å². The molecule has 3 aromatic carbocycles. The number of aryl methyl sites for hydroxylation is 1. The summed E-state index contributed by atoms with van der Waals surface area (Å²) in [5.74, 6) is 0.215. The molecule has 1 saturated heterocycles. The van der Waals surface area contributed by atoms with E-state index in [1.54, 1.807) is 30.7 Å². The summed E-state index contributed by atoms with van der Waals surface area (Å²) in [6, 6.07) is 23.6. The van der Waals surface area contributed by atoms with E-state index in [0.717, 1.165) is 88.4 Å². The highest BCUT2D eigenvalue weighted by Gasteiger charge is 2.44. The molecule has 1 saturated carbocycles. The molecule has 0 bridgehead atoms. The lowest BCUT2D eigenvalue weighted by Crippen LogP contribution is -2.57. The Hall–Kier alpha value is -6.42. The van der Waals surface area contributed by atoms with Gasteiger partial charge in [-0.15, -0.1) is 11.3 Å². The lowest BCUT2D eigenvalue weighted by molar-refractivity contribution is -0.144. The molecule has 14 nitrogen and oxygen atoms in total. The molecule has 3 heterocycles. The number of carbonyl (C=O) groups excluding carboxylic acids is 5. The minimum atomic E-state index is -0.875. The molecule has 5 aromatic rings. The molecular formula is C59H72ClN7O7S. The Morgan fingerprint density at radius 1 is 0.840 bits per heavy atom. The number of aliphatic hydroxyl groups excluding tert-OH is 1. The average molecular weight is 1060 g/mol. The van der Waals surface area contributed by atoms with Crippen LogP contribution in [-0.4, -0.2) is 87.9 Å². The number of hydrogen-bond acceptors (Lipinski definition) is 10. The molecule has 0 spiro atoms. The predicted molar refractivity (Wildman–Crippen MR) is 295 cm³/mol. The molecule has 16 heteroatoms. The van der Waals surface area contributed by atoms with E-state index in [2.05, 4.69) is 49.4 Å². The predicted octanol–water partition coefficient (Wildman–Crippen LogP) is 9.51. The summed E-state index contributed by atoms with van der Waals surface area (Å²) in [5.41, 5.74) is 8.22. The molecule has 0 unspecified atom stereocenters. The number of halogens is 1. The number of unbranched alkanes of at least 4 members (excludes halogenated alkanes) is 5. The summed E-state index contributed by atoms with van der Waals surface area (Å²) < 4.78 is 5.54. The molecule has 2 fully saturated rings. The number of aromatic nitrogens is 2. The second kappa shape index (κ2) is 26.9. The summed E-state index contributed by atoms with van der Waals surface area (Å²) in [5, 5.41) is 23.2. The molecule has 0 radical (unpaired) electrons. The van der Waals surface area contributed by atoms with Crippen LogP contribution in [0.5, 0.6) is 5.75 Å². The molecule has 3 atom stereocenters. The van der Waals surface area contributed by atoms with E-state index in [1.807, 2.05) is 99.9 Å². The maximum Gasteiger partial charge on any atom is 0.270 e. The molecule has 1 aliphatic carbocycles. The topological polar surface area (TPSA) is 192 Å². The van der Waals surface area contributed by atoms with E-state index in [-0.39, 0.29) is 74.1 Å². The highest BCUT2D eigenvalue weighted by molar-refractivity contribution is 7.13. The van der Waals surface area contributed by atoms with E-state index in [0.29, 0.717) is 30.6 Å². The minimum Gasteiger partial charge on any atom is -0.495 e. The van der Waals surface area contributed by atoms with Crippen LogP contribution in [0.1, 0.15) is 135 Å². The number of methoxy groups -OCH3 is 1. The molecular weight excluding hydrogens is 986 g/mol. The van der Waals surface area contributed by atoms with Crippen molar-refractivity contribution in [3.05, 3.63) is 141 Å². The normalized spacial score (nSPS) is 17.8. The van der Waals surface area contributed by atoms with Gasteiger partial charge in [-0.25, -0.2) is 9.97 Å². The van der Waals surface area contributed by atoms with Gasteiger partial charge in [0.1, 0.15) is 23.5 Å². The fourth-order valence-corrected chi connectivity index (χ4v) is 10.6. The van der Waals surface area contributed by atoms with Crippen LogP contribution in [0, 0.1) is 18.3 Å². The zero-order chi connectivity index (χ0) is 53.5. The summed E-state index contributed by atoms with van der Waals surface area (Å²) in [6.07, 6.45) is 12.8. The van der Waals surface area contributed by atoms with Crippen LogP contribution in [0.15, 0.2) is 96.6 Å². The van der Waals surface area contributed by atoms with Gasteiger partial charge in [0.2, 0.25) is 23.6 Å². The number of β-amino-alcohol motifs (C(OH)–C–C–N with tert-alkyl or cyclic N) is 1. The first kappa shape index (κ1) is 56.3. The van der Waals surface area contributed by atoms with Gasteiger partial charge in [-0.3, -0.25) is 24.0 Å². The number of carbonyl (C=O) groups is 5. The Labute approximate surface area is 450 Å². The zero-order valence-corrected chi connectivity index (χ0v) is 45.4. The summed E-state index contributed by atoms with van der Waals surface area (Å²) in [7, 11) is 1.59. The Morgan fingerprint density at radius 2 is 1.55 bits per heavy atom.